The number of rotatable bonds is 2. The molecule has 1 aliphatic rings. The van der Waals surface area contributed by atoms with Crippen LogP contribution in [0.4, 0.5) is 0 Å². The Morgan fingerprint density at radius 2 is 2.50 bits per heavy atom. The highest BCUT2D eigenvalue weighted by atomic mass is 127. The lowest BCUT2D eigenvalue weighted by atomic mass is 10.2. The average molecular weight is 327 g/mol. The van der Waals surface area contributed by atoms with Crippen LogP contribution in [-0.2, 0) is 10.6 Å². The maximum atomic E-state index is 5.79. The van der Waals surface area contributed by atoms with E-state index in [1.807, 2.05) is 10.9 Å². The first-order chi connectivity index (χ1) is 6.81. The Balaban J connectivity index is 2.14. The van der Waals surface area contributed by atoms with Gasteiger partial charge < -0.3 is 4.74 Å². The van der Waals surface area contributed by atoms with Crippen LogP contribution in [0.25, 0.3) is 0 Å². The quantitative estimate of drug-likeness (QED) is 0.617. The van der Waals surface area contributed by atoms with E-state index in [2.05, 4.69) is 27.7 Å². The van der Waals surface area contributed by atoms with Gasteiger partial charge in [0.05, 0.1) is 5.88 Å². The van der Waals surface area contributed by atoms with Gasteiger partial charge in [0.25, 0.3) is 0 Å². The Bertz CT molecular complexity index is 310. The molecule has 78 valence electrons. The van der Waals surface area contributed by atoms with Crippen LogP contribution in [0.3, 0.4) is 0 Å². The first kappa shape index (κ1) is 10.7. The molecule has 0 aromatic carbocycles. The molecule has 3 nitrogen and oxygen atoms in total. The minimum atomic E-state index is 0.120. The van der Waals surface area contributed by atoms with Crippen molar-refractivity contribution in [2.24, 2.45) is 0 Å². The Kier molecular flexibility index (Phi) is 3.67. The van der Waals surface area contributed by atoms with E-state index in [4.69, 9.17) is 16.3 Å². The van der Waals surface area contributed by atoms with Crippen LogP contribution in [0.5, 0.6) is 0 Å². The number of halogens is 2. The van der Waals surface area contributed by atoms with Crippen LogP contribution in [0, 0.1) is 3.70 Å². The number of hydrogen-bond acceptors (Lipinski definition) is 2. The zero-order chi connectivity index (χ0) is 9.97. The molecule has 0 radical (unpaired) electrons. The SMILES string of the molecule is ClCc1cn([C@@H]2CCCCO2)nc1I. The van der Waals surface area contributed by atoms with Gasteiger partial charge in [0, 0.05) is 18.4 Å². The second kappa shape index (κ2) is 4.81. The largest absolute Gasteiger partial charge is 0.357 e. The van der Waals surface area contributed by atoms with E-state index in [0.717, 1.165) is 28.7 Å². The van der Waals surface area contributed by atoms with Gasteiger partial charge in [-0.1, -0.05) is 0 Å². The molecule has 1 saturated heterocycles. The molecule has 0 aliphatic carbocycles. The van der Waals surface area contributed by atoms with E-state index in [0.29, 0.717) is 5.88 Å². The highest BCUT2D eigenvalue weighted by Crippen LogP contribution is 2.23. The van der Waals surface area contributed by atoms with E-state index in [-0.39, 0.29) is 6.23 Å². The minimum Gasteiger partial charge on any atom is -0.357 e. The monoisotopic (exact) mass is 326 g/mol. The van der Waals surface area contributed by atoms with Crippen LogP contribution in [0.2, 0.25) is 0 Å². The lowest BCUT2D eigenvalue weighted by molar-refractivity contribution is -0.0397. The second-order valence-corrected chi connectivity index (χ2v) is 4.67. The van der Waals surface area contributed by atoms with E-state index < -0.39 is 0 Å². The second-order valence-electron chi connectivity index (χ2n) is 3.38. The fourth-order valence-electron chi connectivity index (χ4n) is 1.58. The fourth-order valence-corrected chi connectivity index (χ4v) is 2.58. The Morgan fingerprint density at radius 1 is 1.64 bits per heavy atom. The van der Waals surface area contributed by atoms with Crippen LogP contribution in [-0.4, -0.2) is 16.4 Å². The van der Waals surface area contributed by atoms with Crippen molar-refractivity contribution in [3.05, 3.63) is 15.5 Å². The van der Waals surface area contributed by atoms with Crippen molar-refractivity contribution in [1.82, 2.24) is 9.78 Å². The van der Waals surface area contributed by atoms with Gasteiger partial charge in [0.2, 0.25) is 0 Å². The topological polar surface area (TPSA) is 27.1 Å². The van der Waals surface area contributed by atoms with Crippen molar-refractivity contribution in [2.45, 2.75) is 31.4 Å². The zero-order valence-corrected chi connectivity index (χ0v) is 10.7. The highest BCUT2D eigenvalue weighted by molar-refractivity contribution is 14.1. The smallest absolute Gasteiger partial charge is 0.150 e. The van der Waals surface area contributed by atoms with Crippen LogP contribution < -0.4 is 0 Å². The van der Waals surface area contributed by atoms with Crippen LogP contribution in [0.1, 0.15) is 31.1 Å². The summed E-state index contributed by atoms with van der Waals surface area (Å²) < 4.78 is 8.51. The zero-order valence-electron chi connectivity index (χ0n) is 7.75. The van der Waals surface area contributed by atoms with Crippen molar-refractivity contribution >= 4 is 34.2 Å². The highest BCUT2D eigenvalue weighted by Gasteiger charge is 2.17. The van der Waals surface area contributed by atoms with E-state index in [1.54, 1.807) is 0 Å². The van der Waals surface area contributed by atoms with Crippen molar-refractivity contribution in [2.75, 3.05) is 6.61 Å². The molecule has 14 heavy (non-hydrogen) atoms. The van der Waals surface area contributed by atoms with Gasteiger partial charge in [-0.15, -0.1) is 11.6 Å². The molecule has 0 amide bonds. The van der Waals surface area contributed by atoms with E-state index in [9.17, 15) is 0 Å². The summed E-state index contributed by atoms with van der Waals surface area (Å²) in [5.41, 5.74) is 1.08. The number of hydrogen-bond donors (Lipinski definition) is 0. The van der Waals surface area contributed by atoms with Gasteiger partial charge in [-0.25, -0.2) is 4.68 Å². The maximum Gasteiger partial charge on any atom is 0.150 e. The molecule has 0 N–H and O–H groups in total. The molecule has 1 fully saturated rings. The molecule has 0 unspecified atom stereocenters. The number of nitrogens with zero attached hydrogens (tertiary/aromatic N) is 2. The van der Waals surface area contributed by atoms with Crippen molar-refractivity contribution in [1.29, 1.82) is 0 Å². The van der Waals surface area contributed by atoms with Crippen molar-refractivity contribution in [3.8, 4) is 0 Å². The van der Waals surface area contributed by atoms with Gasteiger partial charge in [0.15, 0.2) is 0 Å². The summed E-state index contributed by atoms with van der Waals surface area (Å²) in [6.07, 6.45) is 5.55. The molecule has 1 aromatic heterocycles. The molecule has 0 bridgehead atoms. The van der Waals surface area contributed by atoms with Crippen molar-refractivity contribution < 1.29 is 4.74 Å². The number of aromatic nitrogens is 2. The summed E-state index contributed by atoms with van der Waals surface area (Å²) in [6.45, 7) is 0.845. The summed E-state index contributed by atoms with van der Waals surface area (Å²) in [5, 5.41) is 4.40. The molecule has 0 saturated carbocycles. The van der Waals surface area contributed by atoms with E-state index in [1.165, 1.54) is 6.42 Å². The normalized spacial score (nSPS) is 22.6. The third kappa shape index (κ3) is 2.23. The van der Waals surface area contributed by atoms with Crippen molar-refractivity contribution in [3.63, 3.8) is 0 Å². The van der Waals surface area contributed by atoms with Gasteiger partial charge in [-0.2, -0.15) is 5.10 Å². The van der Waals surface area contributed by atoms with Gasteiger partial charge in [-0.3, -0.25) is 0 Å². The van der Waals surface area contributed by atoms with Crippen LogP contribution >= 0.6 is 34.2 Å². The number of ether oxygens (including phenoxy) is 1. The minimum absolute atomic E-state index is 0.120. The van der Waals surface area contributed by atoms with Gasteiger partial charge in [0.1, 0.15) is 9.93 Å². The number of alkyl halides is 1. The molecular weight excluding hydrogens is 314 g/mol. The summed E-state index contributed by atoms with van der Waals surface area (Å²) >= 11 is 7.99. The molecule has 0 spiro atoms. The maximum absolute atomic E-state index is 5.79. The predicted octanol–water partition coefficient (Wildman–Crippen LogP) is 2.93. The molecule has 2 rings (SSSR count). The molecule has 1 atom stereocenters. The average Bonchev–Trinajstić information content (AvgIpc) is 2.61. The summed E-state index contributed by atoms with van der Waals surface area (Å²) in [7, 11) is 0. The van der Waals surface area contributed by atoms with Gasteiger partial charge >= 0.3 is 0 Å². The first-order valence-corrected chi connectivity index (χ1v) is 6.33. The fraction of sp³-hybridized carbons (Fsp3) is 0.667. The predicted molar refractivity (Wildman–Crippen MR) is 63.3 cm³/mol. The Labute approximate surface area is 102 Å². The molecule has 1 aliphatic heterocycles. The molecular formula is C9H12ClIN2O. The van der Waals surface area contributed by atoms with Gasteiger partial charge in [-0.05, 0) is 41.9 Å². The lowest BCUT2D eigenvalue weighted by Gasteiger charge is -2.22. The Hall–Kier alpha value is 0.190. The summed E-state index contributed by atoms with van der Waals surface area (Å²) in [5.74, 6) is 0.519. The molecule has 2 heterocycles. The third-order valence-electron chi connectivity index (χ3n) is 2.35. The summed E-state index contributed by atoms with van der Waals surface area (Å²) in [6, 6.07) is 0. The molecule has 1 aromatic rings. The van der Waals surface area contributed by atoms with Crippen LogP contribution in [0.15, 0.2) is 6.20 Å². The van der Waals surface area contributed by atoms with E-state index >= 15 is 0 Å². The first-order valence-electron chi connectivity index (χ1n) is 4.72. The summed E-state index contributed by atoms with van der Waals surface area (Å²) in [4.78, 5) is 0. The molecule has 5 heteroatoms. The lowest BCUT2D eigenvalue weighted by Crippen LogP contribution is -2.18. The Morgan fingerprint density at radius 3 is 3.07 bits per heavy atom. The standard InChI is InChI=1S/C9H12ClIN2O/c10-5-7-6-13(12-9(7)11)8-3-1-2-4-14-8/h6,8H,1-5H2/t8-/m0/s1. The third-order valence-corrected chi connectivity index (χ3v) is 3.55.